The minimum absolute atomic E-state index is 0.200. The summed E-state index contributed by atoms with van der Waals surface area (Å²) in [5.74, 6) is 0.392. The van der Waals surface area contributed by atoms with Crippen molar-refractivity contribution < 1.29 is 9.18 Å². The maximum atomic E-state index is 13.8. The minimum atomic E-state index is -0.245. The number of carbonyl (C=O) groups excluding carboxylic acids is 1. The third-order valence-corrected chi connectivity index (χ3v) is 5.86. The molecule has 0 saturated carbocycles. The first-order chi connectivity index (χ1) is 13.1. The van der Waals surface area contributed by atoms with Gasteiger partial charge in [-0.2, -0.15) is 9.36 Å². The van der Waals surface area contributed by atoms with Crippen molar-refractivity contribution in [3.05, 3.63) is 59.4 Å². The highest BCUT2D eigenvalue weighted by Gasteiger charge is 2.23. The Balaban J connectivity index is 1.44. The van der Waals surface area contributed by atoms with Crippen LogP contribution in [-0.4, -0.2) is 33.1 Å². The van der Waals surface area contributed by atoms with Crippen molar-refractivity contribution in [2.45, 2.75) is 17.9 Å². The summed E-state index contributed by atoms with van der Waals surface area (Å²) in [6, 6.07) is 12.7. The summed E-state index contributed by atoms with van der Waals surface area (Å²) < 4.78 is 18.1. The van der Waals surface area contributed by atoms with Crippen LogP contribution in [0.1, 0.15) is 11.1 Å². The monoisotopic (exact) mass is 400 g/mol. The van der Waals surface area contributed by atoms with Gasteiger partial charge in [0, 0.05) is 35.1 Å². The Hall–Kier alpha value is -2.45. The molecular weight excluding hydrogens is 383 g/mol. The third-order valence-electron chi connectivity index (χ3n) is 4.48. The molecule has 2 heterocycles. The number of aromatic nitrogens is 2. The minimum Gasteiger partial charge on any atom is -0.320 e. The maximum Gasteiger partial charge on any atom is 0.323 e. The number of urea groups is 1. The highest BCUT2D eigenvalue weighted by atomic mass is 32.2. The number of fused-ring (bicyclic) bond motifs is 1. The normalized spacial score (nSPS) is 13.3. The van der Waals surface area contributed by atoms with Crippen molar-refractivity contribution in [3.8, 4) is 11.4 Å². The molecule has 27 heavy (non-hydrogen) atoms. The van der Waals surface area contributed by atoms with Gasteiger partial charge in [-0.05, 0) is 42.0 Å². The van der Waals surface area contributed by atoms with E-state index in [1.165, 1.54) is 11.0 Å². The van der Waals surface area contributed by atoms with Gasteiger partial charge in [-0.3, -0.25) is 5.32 Å². The van der Waals surface area contributed by atoms with E-state index in [0.717, 1.165) is 22.7 Å². The molecule has 1 N–H and O–H groups in total. The average Bonchev–Trinajstić information content (AvgIpc) is 3.16. The molecule has 2 amide bonds. The second kappa shape index (κ2) is 7.66. The van der Waals surface area contributed by atoms with E-state index in [-0.39, 0.29) is 11.8 Å². The predicted molar refractivity (Wildman–Crippen MR) is 107 cm³/mol. The Bertz CT molecular complexity index is 974. The van der Waals surface area contributed by atoms with Crippen LogP contribution in [0, 0.1) is 5.82 Å². The Morgan fingerprint density at radius 1 is 1.26 bits per heavy atom. The molecule has 3 aromatic rings. The van der Waals surface area contributed by atoms with Crippen LogP contribution in [0.3, 0.4) is 0 Å². The zero-order valence-corrected chi connectivity index (χ0v) is 16.2. The fourth-order valence-corrected chi connectivity index (χ4v) is 4.03. The fraction of sp³-hybridized carbons (Fsp3) is 0.211. The average molecular weight is 401 g/mol. The van der Waals surface area contributed by atoms with Gasteiger partial charge in [0.1, 0.15) is 5.82 Å². The lowest BCUT2D eigenvalue weighted by atomic mass is 9.99. The Morgan fingerprint density at radius 2 is 2.07 bits per heavy atom. The van der Waals surface area contributed by atoms with Gasteiger partial charge < -0.3 is 4.90 Å². The molecule has 138 valence electrons. The third kappa shape index (κ3) is 3.81. The highest BCUT2D eigenvalue weighted by molar-refractivity contribution is 7.98. The van der Waals surface area contributed by atoms with Crippen LogP contribution in [0.2, 0.25) is 0 Å². The smallest absolute Gasteiger partial charge is 0.320 e. The van der Waals surface area contributed by atoms with E-state index in [2.05, 4.69) is 14.7 Å². The van der Waals surface area contributed by atoms with Crippen LogP contribution in [-0.2, 0) is 13.0 Å². The summed E-state index contributed by atoms with van der Waals surface area (Å²) in [6.45, 7) is 0.863. The first-order valence-electron chi connectivity index (χ1n) is 8.44. The van der Waals surface area contributed by atoms with Crippen LogP contribution < -0.4 is 5.32 Å². The van der Waals surface area contributed by atoms with E-state index in [4.69, 9.17) is 0 Å². The van der Waals surface area contributed by atoms with Crippen molar-refractivity contribution in [3.63, 3.8) is 0 Å². The molecule has 4 rings (SSSR count). The molecular formula is C19H17FN4OS2. The summed E-state index contributed by atoms with van der Waals surface area (Å²) in [4.78, 5) is 19.8. The Kier molecular flexibility index (Phi) is 5.09. The number of rotatable bonds is 3. The summed E-state index contributed by atoms with van der Waals surface area (Å²) >= 11 is 2.82. The van der Waals surface area contributed by atoms with Crippen LogP contribution >= 0.6 is 23.3 Å². The molecule has 0 unspecified atom stereocenters. The van der Waals surface area contributed by atoms with Gasteiger partial charge >= 0.3 is 6.03 Å². The molecule has 0 saturated heterocycles. The van der Waals surface area contributed by atoms with Gasteiger partial charge in [-0.25, -0.2) is 9.18 Å². The quantitative estimate of drug-likeness (QED) is 0.650. The second-order valence-corrected chi connectivity index (χ2v) is 7.76. The number of anilines is 1. The number of benzene rings is 2. The summed E-state index contributed by atoms with van der Waals surface area (Å²) in [7, 11) is 0. The Morgan fingerprint density at radius 3 is 2.85 bits per heavy atom. The zero-order valence-electron chi connectivity index (χ0n) is 14.6. The van der Waals surface area contributed by atoms with Gasteiger partial charge in [-0.1, -0.05) is 24.3 Å². The molecule has 1 aliphatic rings. The predicted octanol–water partition coefficient (Wildman–Crippen LogP) is 4.66. The summed E-state index contributed by atoms with van der Waals surface area (Å²) in [6.07, 6.45) is 2.54. The molecule has 0 bridgehead atoms. The van der Waals surface area contributed by atoms with Crippen molar-refractivity contribution in [2.24, 2.45) is 0 Å². The number of hydrogen-bond donors (Lipinski definition) is 1. The molecule has 0 spiro atoms. The van der Waals surface area contributed by atoms with Gasteiger partial charge in [-0.15, -0.1) is 11.8 Å². The highest BCUT2D eigenvalue weighted by Crippen LogP contribution is 2.25. The zero-order chi connectivity index (χ0) is 18.8. The molecule has 1 aromatic heterocycles. The van der Waals surface area contributed by atoms with E-state index in [0.29, 0.717) is 36.0 Å². The number of halogens is 1. The molecule has 0 atom stereocenters. The van der Waals surface area contributed by atoms with E-state index in [1.54, 1.807) is 22.7 Å². The molecule has 2 aromatic carbocycles. The fourth-order valence-electron chi connectivity index (χ4n) is 3.04. The largest absolute Gasteiger partial charge is 0.323 e. The number of thioether (sulfide) groups is 1. The summed E-state index contributed by atoms with van der Waals surface area (Å²) in [5, 5.41) is 3.26. The standard InChI is InChI=1S/C19H17FN4OS2/c1-26-14-7-5-12(6-8-14)17-21-18(27-23-17)22-19(25)24-10-9-15-13(11-24)3-2-4-16(15)20/h2-8H,9-11H2,1H3,(H,21,22,23,25). The van der Waals surface area contributed by atoms with E-state index < -0.39 is 0 Å². The molecule has 5 nitrogen and oxygen atoms in total. The first-order valence-corrected chi connectivity index (χ1v) is 10.4. The van der Waals surface area contributed by atoms with Crippen molar-refractivity contribution in [1.82, 2.24) is 14.3 Å². The van der Waals surface area contributed by atoms with Crippen LogP contribution in [0.5, 0.6) is 0 Å². The van der Waals surface area contributed by atoms with Crippen LogP contribution in [0.15, 0.2) is 47.4 Å². The molecule has 0 radical (unpaired) electrons. The van der Waals surface area contributed by atoms with Gasteiger partial charge in [0.15, 0.2) is 5.82 Å². The number of nitrogens with zero attached hydrogens (tertiary/aromatic N) is 3. The van der Waals surface area contributed by atoms with Crippen molar-refractivity contribution in [1.29, 1.82) is 0 Å². The number of hydrogen-bond acceptors (Lipinski definition) is 5. The number of carbonyl (C=O) groups is 1. The van der Waals surface area contributed by atoms with Crippen molar-refractivity contribution >= 4 is 34.5 Å². The van der Waals surface area contributed by atoms with E-state index in [1.807, 2.05) is 36.6 Å². The van der Waals surface area contributed by atoms with E-state index in [9.17, 15) is 9.18 Å². The molecule has 0 aliphatic carbocycles. The number of nitrogens with one attached hydrogen (secondary N) is 1. The van der Waals surface area contributed by atoms with Crippen LogP contribution in [0.4, 0.5) is 14.3 Å². The lowest BCUT2D eigenvalue weighted by Gasteiger charge is -2.28. The first kappa shape index (κ1) is 17.9. The maximum absolute atomic E-state index is 13.8. The molecule has 0 fully saturated rings. The van der Waals surface area contributed by atoms with E-state index >= 15 is 0 Å². The Labute approximate surface area is 164 Å². The lowest BCUT2D eigenvalue weighted by molar-refractivity contribution is 0.206. The van der Waals surface area contributed by atoms with Crippen molar-refractivity contribution in [2.75, 3.05) is 18.1 Å². The molecule has 1 aliphatic heterocycles. The van der Waals surface area contributed by atoms with Crippen LogP contribution in [0.25, 0.3) is 11.4 Å². The lowest BCUT2D eigenvalue weighted by Crippen LogP contribution is -2.39. The topological polar surface area (TPSA) is 58.1 Å². The number of amides is 2. The SMILES string of the molecule is CSc1ccc(-c2nsc(NC(=O)N3CCc4c(F)cccc4C3)n2)cc1. The second-order valence-electron chi connectivity index (χ2n) is 6.13. The van der Waals surface area contributed by atoms with Gasteiger partial charge in [0.2, 0.25) is 5.13 Å². The van der Waals surface area contributed by atoms with Gasteiger partial charge in [0.05, 0.1) is 0 Å². The molecule has 8 heteroatoms. The summed E-state index contributed by atoms with van der Waals surface area (Å²) in [5.41, 5.74) is 2.46. The van der Waals surface area contributed by atoms with Gasteiger partial charge in [0.25, 0.3) is 0 Å².